The number of nitrogens with one attached hydrogen (secondary N) is 2. The van der Waals surface area contributed by atoms with Crippen molar-refractivity contribution < 1.29 is 17.6 Å². The van der Waals surface area contributed by atoms with Gasteiger partial charge in [-0.2, -0.15) is 18.2 Å². The number of nitrogens with zero attached hydrogens (tertiary/aromatic N) is 2. The van der Waals surface area contributed by atoms with E-state index in [0.717, 1.165) is 6.07 Å². The predicted molar refractivity (Wildman–Crippen MR) is 71.9 cm³/mol. The van der Waals surface area contributed by atoms with Crippen molar-refractivity contribution in [2.45, 2.75) is 26.1 Å². The molecule has 1 unspecified atom stereocenters. The van der Waals surface area contributed by atoms with E-state index in [0.29, 0.717) is 12.3 Å². The van der Waals surface area contributed by atoms with Gasteiger partial charge >= 0.3 is 6.18 Å². The average molecular weight is 300 g/mol. The first-order chi connectivity index (χ1) is 9.90. The normalized spacial score (nSPS) is 13.0. The highest BCUT2D eigenvalue weighted by Crippen LogP contribution is 2.30. The standard InChI is InChI=1S/C13H15F3N4O/c1-3-17-12-19-10(13(14,15)16)7-11(20-12)18-8(2)9-5-4-6-21-9/h4-8H,3H2,1-2H3,(H2,17,18,19,20). The Balaban J connectivity index is 2.27. The molecule has 2 aromatic rings. The summed E-state index contributed by atoms with van der Waals surface area (Å²) in [5.41, 5.74) is -0.998. The topological polar surface area (TPSA) is 63.0 Å². The number of aromatic nitrogens is 2. The predicted octanol–water partition coefficient (Wildman–Crippen LogP) is 3.69. The molecule has 21 heavy (non-hydrogen) atoms. The summed E-state index contributed by atoms with van der Waals surface area (Å²) in [6.45, 7) is 3.94. The molecule has 0 aliphatic carbocycles. The Morgan fingerprint density at radius 3 is 2.67 bits per heavy atom. The molecule has 0 aromatic carbocycles. The number of furan rings is 1. The van der Waals surface area contributed by atoms with Crippen LogP contribution in [0.2, 0.25) is 0 Å². The summed E-state index contributed by atoms with van der Waals surface area (Å²) in [6.07, 6.45) is -3.03. The highest BCUT2D eigenvalue weighted by atomic mass is 19.4. The van der Waals surface area contributed by atoms with Gasteiger partial charge in [0, 0.05) is 12.6 Å². The van der Waals surface area contributed by atoms with E-state index in [-0.39, 0.29) is 17.8 Å². The molecule has 8 heteroatoms. The molecule has 114 valence electrons. The Labute approximate surface area is 119 Å². The van der Waals surface area contributed by atoms with Gasteiger partial charge in [0.25, 0.3) is 0 Å². The van der Waals surface area contributed by atoms with Crippen molar-refractivity contribution in [2.75, 3.05) is 17.2 Å². The van der Waals surface area contributed by atoms with Gasteiger partial charge in [0.1, 0.15) is 11.6 Å². The monoisotopic (exact) mass is 300 g/mol. The Hall–Kier alpha value is -2.25. The maximum atomic E-state index is 12.8. The highest BCUT2D eigenvalue weighted by molar-refractivity contribution is 5.44. The molecule has 0 spiro atoms. The molecule has 0 saturated heterocycles. The fourth-order valence-electron chi connectivity index (χ4n) is 1.73. The second-order valence-electron chi connectivity index (χ2n) is 4.37. The largest absolute Gasteiger partial charge is 0.467 e. The molecule has 0 amide bonds. The number of halogens is 3. The van der Waals surface area contributed by atoms with Crippen molar-refractivity contribution in [1.82, 2.24) is 9.97 Å². The molecular weight excluding hydrogens is 285 g/mol. The lowest BCUT2D eigenvalue weighted by Gasteiger charge is -2.15. The van der Waals surface area contributed by atoms with Gasteiger partial charge in [-0.15, -0.1) is 0 Å². The molecule has 0 bridgehead atoms. The van der Waals surface area contributed by atoms with Crippen LogP contribution in [0.25, 0.3) is 0 Å². The van der Waals surface area contributed by atoms with E-state index < -0.39 is 11.9 Å². The van der Waals surface area contributed by atoms with Gasteiger partial charge in [0.2, 0.25) is 5.95 Å². The lowest BCUT2D eigenvalue weighted by atomic mass is 10.2. The van der Waals surface area contributed by atoms with E-state index >= 15 is 0 Å². The second-order valence-corrected chi connectivity index (χ2v) is 4.37. The van der Waals surface area contributed by atoms with Crippen LogP contribution in [0.4, 0.5) is 24.9 Å². The molecule has 0 aliphatic heterocycles. The van der Waals surface area contributed by atoms with Crippen molar-refractivity contribution in [1.29, 1.82) is 0 Å². The van der Waals surface area contributed by atoms with E-state index in [1.54, 1.807) is 26.0 Å². The summed E-state index contributed by atoms with van der Waals surface area (Å²) in [4.78, 5) is 7.47. The second kappa shape index (κ2) is 6.02. The van der Waals surface area contributed by atoms with Crippen LogP contribution in [0.3, 0.4) is 0 Å². The summed E-state index contributed by atoms with van der Waals surface area (Å²) >= 11 is 0. The van der Waals surface area contributed by atoms with Crippen molar-refractivity contribution in [3.63, 3.8) is 0 Å². The first-order valence-electron chi connectivity index (χ1n) is 6.40. The minimum atomic E-state index is -4.53. The number of rotatable bonds is 5. The Kier molecular flexibility index (Phi) is 4.35. The molecule has 0 saturated carbocycles. The van der Waals surface area contributed by atoms with Crippen molar-refractivity contribution >= 4 is 11.8 Å². The third kappa shape index (κ3) is 3.87. The van der Waals surface area contributed by atoms with Crippen LogP contribution in [-0.4, -0.2) is 16.5 Å². The molecule has 0 aliphatic rings. The van der Waals surface area contributed by atoms with Gasteiger partial charge < -0.3 is 15.1 Å². The van der Waals surface area contributed by atoms with Crippen molar-refractivity contribution in [3.8, 4) is 0 Å². The number of hydrogen-bond donors (Lipinski definition) is 2. The fraction of sp³-hybridized carbons (Fsp3) is 0.385. The fourth-order valence-corrected chi connectivity index (χ4v) is 1.73. The van der Waals surface area contributed by atoms with Gasteiger partial charge in [-0.1, -0.05) is 0 Å². The SMILES string of the molecule is CCNc1nc(NC(C)c2ccco2)cc(C(F)(F)F)n1. The minimum absolute atomic E-state index is 0.0681. The van der Waals surface area contributed by atoms with Gasteiger partial charge in [0.15, 0.2) is 5.69 Å². The third-order valence-electron chi connectivity index (χ3n) is 2.69. The molecule has 2 heterocycles. The van der Waals surface area contributed by atoms with Crippen LogP contribution < -0.4 is 10.6 Å². The van der Waals surface area contributed by atoms with Crippen LogP contribution in [0.1, 0.15) is 31.3 Å². The van der Waals surface area contributed by atoms with Gasteiger partial charge in [-0.25, -0.2) is 4.98 Å². The zero-order valence-electron chi connectivity index (χ0n) is 11.5. The Bertz CT molecular complexity index is 584. The summed E-state index contributed by atoms with van der Waals surface area (Å²) in [7, 11) is 0. The summed E-state index contributed by atoms with van der Waals surface area (Å²) in [5.74, 6) is 0.616. The van der Waals surface area contributed by atoms with E-state index in [1.807, 2.05) is 0 Å². The molecule has 2 aromatic heterocycles. The minimum Gasteiger partial charge on any atom is -0.467 e. The third-order valence-corrected chi connectivity index (χ3v) is 2.69. The average Bonchev–Trinajstić information content (AvgIpc) is 2.91. The molecule has 0 fully saturated rings. The zero-order valence-corrected chi connectivity index (χ0v) is 11.5. The number of alkyl halides is 3. The summed E-state index contributed by atoms with van der Waals surface area (Å²) in [6, 6.07) is 4.00. The van der Waals surface area contributed by atoms with Gasteiger partial charge in [-0.3, -0.25) is 0 Å². The van der Waals surface area contributed by atoms with Crippen LogP contribution in [0, 0.1) is 0 Å². The lowest BCUT2D eigenvalue weighted by Crippen LogP contribution is -2.15. The maximum Gasteiger partial charge on any atom is 0.433 e. The maximum absolute atomic E-state index is 12.8. The smallest absolute Gasteiger partial charge is 0.433 e. The molecule has 5 nitrogen and oxygen atoms in total. The number of anilines is 2. The van der Waals surface area contributed by atoms with Gasteiger partial charge in [0.05, 0.1) is 12.3 Å². The first kappa shape index (κ1) is 15.1. The van der Waals surface area contributed by atoms with Crippen LogP contribution in [0.5, 0.6) is 0 Å². The van der Waals surface area contributed by atoms with E-state index in [9.17, 15) is 13.2 Å². The van der Waals surface area contributed by atoms with Crippen LogP contribution in [-0.2, 0) is 6.18 Å². The van der Waals surface area contributed by atoms with Crippen LogP contribution >= 0.6 is 0 Å². The lowest BCUT2D eigenvalue weighted by molar-refractivity contribution is -0.141. The Morgan fingerprint density at radius 2 is 2.10 bits per heavy atom. The first-order valence-corrected chi connectivity index (χ1v) is 6.40. The molecular formula is C13H15F3N4O. The van der Waals surface area contributed by atoms with Crippen LogP contribution in [0.15, 0.2) is 28.9 Å². The molecule has 2 rings (SSSR count). The summed E-state index contributed by atoms with van der Waals surface area (Å²) in [5, 5.41) is 5.55. The summed E-state index contributed by atoms with van der Waals surface area (Å²) < 4.78 is 43.7. The zero-order chi connectivity index (χ0) is 15.5. The number of hydrogen-bond acceptors (Lipinski definition) is 5. The molecule has 0 radical (unpaired) electrons. The Morgan fingerprint density at radius 1 is 1.33 bits per heavy atom. The van der Waals surface area contributed by atoms with E-state index in [4.69, 9.17) is 4.42 Å². The molecule has 2 N–H and O–H groups in total. The quantitative estimate of drug-likeness (QED) is 0.881. The van der Waals surface area contributed by atoms with Crippen molar-refractivity contribution in [2.24, 2.45) is 0 Å². The molecule has 1 atom stereocenters. The van der Waals surface area contributed by atoms with E-state index in [2.05, 4.69) is 20.6 Å². The van der Waals surface area contributed by atoms with E-state index in [1.165, 1.54) is 6.26 Å². The van der Waals surface area contributed by atoms with Crippen molar-refractivity contribution in [3.05, 3.63) is 35.9 Å². The highest BCUT2D eigenvalue weighted by Gasteiger charge is 2.33. The van der Waals surface area contributed by atoms with Gasteiger partial charge in [-0.05, 0) is 26.0 Å².